The van der Waals surface area contributed by atoms with Gasteiger partial charge in [-0.15, -0.1) is 0 Å². The Hall–Kier alpha value is -2.61. The highest BCUT2D eigenvalue weighted by Crippen LogP contribution is 2.20. The third-order valence-electron chi connectivity index (χ3n) is 3.38. The van der Waals surface area contributed by atoms with E-state index in [1.807, 2.05) is 59.4 Å². The summed E-state index contributed by atoms with van der Waals surface area (Å²) < 4.78 is 1.99. The van der Waals surface area contributed by atoms with Gasteiger partial charge >= 0.3 is 0 Å². The Morgan fingerprint density at radius 2 is 1.70 bits per heavy atom. The van der Waals surface area contributed by atoms with Gasteiger partial charge in [0, 0.05) is 29.4 Å². The zero-order valence-electron chi connectivity index (χ0n) is 11.3. The summed E-state index contributed by atoms with van der Waals surface area (Å²) in [6, 6.07) is 17.5. The number of ketones is 1. The lowest BCUT2D eigenvalue weighted by molar-refractivity contribution is 0.104. The third-order valence-corrected chi connectivity index (χ3v) is 3.38. The molecule has 0 aliphatic rings. The van der Waals surface area contributed by atoms with Crippen LogP contribution in [0.2, 0.25) is 0 Å². The molecule has 2 heteroatoms. The van der Waals surface area contributed by atoms with Gasteiger partial charge in [-0.1, -0.05) is 48.5 Å². The molecule has 1 aromatic heterocycles. The Labute approximate surface area is 118 Å². The minimum absolute atomic E-state index is 0.0148. The Bertz CT molecular complexity index is 782. The number of para-hydroxylation sites is 1. The van der Waals surface area contributed by atoms with E-state index in [2.05, 4.69) is 19.1 Å². The molecule has 2 nitrogen and oxygen atoms in total. The van der Waals surface area contributed by atoms with Crippen molar-refractivity contribution in [2.24, 2.45) is 0 Å². The minimum Gasteiger partial charge on any atom is -0.323 e. The van der Waals surface area contributed by atoms with Crippen molar-refractivity contribution in [3.63, 3.8) is 0 Å². The van der Waals surface area contributed by atoms with E-state index in [9.17, 15) is 4.79 Å². The summed E-state index contributed by atoms with van der Waals surface area (Å²) in [7, 11) is 0. The molecule has 0 atom stereocenters. The van der Waals surface area contributed by atoms with Crippen molar-refractivity contribution in [3.8, 4) is 0 Å². The second kappa shape index (κ2) is 5.17. The molecule has 0 aliphatic heterocycles. The first-order valence-corrected chi connectivity index (χ1v) is 6.59. The number of hydrogen-bond donors (Lipinski definition) is 0. The number of nitrogens with zero attached hydrogens (tertiary/aromatic N) is 1. The summed E-state index contributed by atoms with van der Waals surface area (Å²) in [5, 5.41) is 1.21. The second-order valence-corrected chi connectivity index (χ2v) is 4.78. The number of fused-ring (bicyclic) bond motifs is 1. The summed E-state index contributed by atoms with van der Waals surface area (Å²) in [5.41, 5.74) is 3.02. The molecule has 0 spiro atoms. The maximum absolute atomic E-state index is 12.1. The van der Waals surface area contributed by atoms with Gasteiger partial charge in [-0.3, -0.25) is 4.79 Å². The highest BCUT2D eigenvalue weighted by molar-refractivity contribution is 6.06. The van der Waals surface area contributed by atoms with Gasteiger partial charge in [0.1, 0.15) is 0 Å². The number of hydrogen-bond acceptors (Lipinski definition) is 1. The highest BCUT2D eigenvalue weighted by atomic mass is 16.1. The van der Waals surface area contributed by atoms with Crippen LogP contribution in [-0.2, 0) is 0 Å². The average Bonchev–Trinajstić information content (AvgIpc) is 2.83. The van der Waals surface area contributed by atoms with Crippen LogP contribution in [0.25, 0.3) is 17.1 Å². The predicted octanol–water partition coefficient (Wildman–Crippen LogP) is 4.30. The van der Waals surface area contributed by atoms with Gasteiger partial charge in [0.15, 0.2) is 5.78 Å². The zero-order chi connectivity index (χ0) is 13.9. The van der Waals surface area contributed by atoms with Gasteiger partial charge < -0.3 is 4.57 Å². The van der Waals surface area contributed by atoms with Crippen molar-refractivity contribution in [3.05, 3.63) is 78.0 Å². The molecule has 3 aromatic rings. The molecule has 0 bridgehead atoms. The van der Waals surface area contributed by atoms with Crippen molar-refractivity contribution in [1.29, 1.82) is 0 Å². The zero-order valence-corrected chi connectivity index (χ0v) is 11.3. The van der Waals surface area contributed by atoms with Crippen molar-refractivity contribution in [2.75, 3.05) is 0 Å². The quantitative estimate of drug-likeness (QED) is 0.509. The summed E-state index contributed by atoms with van der Waals surface area (Å²) in [4.78, 5) is 12.1. The molecule has 0 unspecified atom stereocenters. The maximum atomic E-state index is 12.1. The number of benzene rings is 2. The first-order chi connectivity index (χ1) is 9.75. The first kappa shape index (κ1) is 12.4. The van der Waals surface area contributed by atoms with E-state index in [0.29, 0.717) is 5.56 Å². The molecule has 3 rings (SSSR count). The molecule has 0 aliphatic carbocycles. The van der Waals surface area contributed by atoms with Crippen LogP contribution in [0.5, 0.6) is 0 Å². The normalized spacial score (nSPS) is 11.2. The lowest BCUT2D eigenvalue weighted by Gasteiger charge is -1.98. The molecule has 0 radical (unpaired) electrons. The number of carbonyl (C=O) groups is 1. The van der Waals surface area contributed by atoms with Crippen LogP contribution >= 0.6 is 0 Å². The van der Waals surface area contributed by atoms with E-state index in [-0.39, 0.29) is 5.78 Å². The van der Waals surface area contributed by atoms with Gasteiger partial charge in [-0.25, -0.2) is 0 Å². The SMILES string of the molecule is Cc1cn(/C=C/C(=O)c2ccccc2)c2ccccc12. The van der Waals surface area contributed by atoms with Gasteiger partial charge in [0.25, 0.3) is 0 Å². The van der Waals surface area contributed by atoms with Gasteiger partial charge in [-0.05, 0) is 18.6 Å². The third kappa shape index (κ3) is 2.28. The van der Waals surface area contributed by atoms with Crippen molar-refractivity contribution >= 4 is 22.9 Å². The van der Waals surface area contributed by atoms with E-state index in [1.54, 1.807) is 6.08 Å². The highest BCUT2D eigenvalue weighted by Gasteiger charge is 2.03. The number of carbonyl (C=O) groups excluding carboxylic acids is 1. The molecule has 1 heterocycles. The van der Waals surface area contributed by atoms with Gasteiger partial charge in [-0.2, -0.15) is 0 Å². The molecule has 0 amide bonds. The Kier molecular flexibility index (Phi) is 3.21. The summed E-state index contributed by atoms with van der Waals surface area (Å²) in [5.74, 6) is 0.0148. The number of allylic oxidation sites excluding steroid dienone is 1. The fraction of sp³-hybridized carbons (Fsp3) is 0.0556. The Morgan fingerprint density at radius 3 is 2.50 bits per heavy atom. The fourth-order valence-electron chi connectivity index (χ4n) is 2.35. The molecule has 98 valence electrons. The molecular weight excluding hydrogens is 246 g/mol. The summed E-state index contributed by atoms with van der Waals surface area (Å²) in [6.45, 7) is 2.08. The van der Waals surface area contributed by atoms with E-state index in [0.717, 1.165) is 5.52 Å². The Balaban J connectivity index is 1.94. The molecular formula is C18H15NO. The molecule has 2 aromatic carbocycles. The maximum Gasteiger partial charge on any atom is 0.187 e. The molecule has 0 saturated heterocycles. The van der Waals surface area contributed by atoms with E-state index in [1.165, 1.54) is 10.9 Å². The minimum atomic E-state index is 0.0148. The lowest BCUT2D eigenvalue weighted by Crippen LogP contribution is -1.94. The number of aromatic nitrogens is 1. The number of aryl methyl sites for hydroxylation is 1. The van der Waals surface area contributed by atoms with E-state index in [4.69, 9.17) is 0 Å². The second-order valence-electron chi connectivity index (χ2n) is 4.78. The van der Waals surface area contributed by atoms with E-state index >= 15 is 0 Å². The fourth-order valence-corrected chi connectivity index (χ4v) is 2.35. The monoisotopic (exact) mass is 261 g/mol. The largest absolute Gasteiger partial charge is 0.323 e. The summed E-state index contributed by atoms with van der Waals surface area (Å²) >= 11 is 0. The molecule has 0 fully saturated rings. The average molecular weight is 261 g/mol. The Morgan fingerprint density at radius 1 is 1.00 bits per heavy atom. The van der Waals surface area contributed by atoms with Crippen LogP contribution in [0.4, 0.5) is 0 Å². The predicted molar refractivity (Wildman–Crippen MR) is 82.8 cm³/mol. The van der Waals surface area contributed by atoms with Crippen LogP contribution in [0.15, 0.2) is 66.9 Å². The molecule has 0 N–H and O–H groups in total. The molecule has 0 saturated carbocycles. The topological polar surface area (TPSA) is 22.0 Å². The number of rotatable bonds is 3. The van der Waals surface area contributed by atoms with Gasteiger partial charge in [0.05, 0.1) is 5.52 Å². The van der Waals surface area contributed by atoms with Crippen LogP contribution in [0.3, 0.4) is 0 Å². The van der Waals surface area contributed by atoms with Crippen LogP contribution in [0, 0.1) is 6.92 Å². The van der Waals surface area contributed by atoms with Gasteiger partial charge in [0.2, 0.25) is 0 Å². The van der Waals surface area contributed by atoms with Crippen LogP contribution < -0.4 is 0 Å². The first-order valence-electron chi connectivity index (χ1n) is 6.59. The van der Waals surface area contributed by atoms with E-state index < -0.39 is 0 Å². The van der Waals surface area contributed by atoms with Crippen molar-refractivity contribution < 1.29 is 4.79 Å². The van der Waals surface area contributed by atoms with Crippen LogP contribution in [-0.4, -0.2) is 10.4 Å². The van der Waals surface area contributed by atoms with Crippen molar-refractivity contribution in [2.45, 2.75) is 6.92 Å². The molecule has 20 heavy (non-hydrogen) atoms. The lowest BCUT2D eigenvalue weighted by atomic mass is 10.1. The summed E-state index contributed by atoms with van der Waals surface area (Å²) in [6.07, 6.45) is 5.48. The standard InChI is InChI=1S/C18H15NO/c1-14-13-19(17-10-6-5-9-16(14)17)12-11-18(20)15-7-3-2-4-8-15/h2-13H,1H3/b12-11+. The smallest absolute Gasteiger partial charge is 0.187 e. The van der Waals surface area contributed by atoms with Crippen molar-refractivity contribution in [1.82, 2.24) is 4.57 Å². The van der Waals surface area contributed by atoms with Crippen LogP contribution in [0.1, 0.15) is 15.9 Å².